The zero-order valence-corrected chi connectivity index (χ0v) is 12.4. The Kier molecular flexibility index (Phi) is 5.59. The van der Waals surface area contributed by atoms with Crippen LogP contribution in [-0.4, -0.2) is 58.9 Å². The molecule has 0 radical (unpaired) electrons. The standard InChI is InChI=1S/C15H24N2O4/c18-13-7-3-1-2-4-8-17(13)11-14(19)16-9-5-6-12(10-16)15(20)21/h12H,1-11H2,(H,20,21)/t12-/m0/s1. The third-order valence-corrected chi connectivity index (χ3v) is 4.37. The highest BCUT2D eigenvalue weighted by Crippen LogP contribution is 2.18. The van der Waals surface area contributed by atoms with Crippen molar-refractivity contribution in [2.75, 3.05) is 26.2 Å². The molecule has 2 rings (SSSR count). The lowest BCUT2D eigenvalue weighted by Crippen LogP contribution is -2.48. The lowest BCUT2D eigenvalue weighted by Gasteiger charge is -2.33. The molecule has 118 valence electrons. The number of amides is 2. The summed E-state index contributed by atoms with van der Waals surface area (Å²) in [6.45, 7) is 1.62. The summed E-state index contributed by atoms with van der Waals surface area (Å²) in [5.74, 6) is -1.37. The lowest BCUT2D eigenvalue weighted by atomic mass is 9.98. The molecule has 0 aliphatic carbocycles. The Bertz CT molecular complexity index is 410. The Labute approximate surface area is 125 Å². The number of carbonyl (C=O) groups excluding carboxylic acids is 2. The molecule has 21 heavy (non-hydrogen) atoms. The minimum Gasteiger partial charge on any atom is -0.481 e. The van der Waals surface area contributed by atoms with Gasteiger partial charge >= 0.3 is 5.97 Å². The molecule has 0 aromatic heterocycles. The van der Waals surface area contributed by atoms with Crippen LogP contribution in [0.25, 0.3) is 0 Å². The van der Waals surface area contributed by atoms with Crippen LogP contribution in [0.3, 0.4) is 0 Å². The number of rotatable bonds is 3. The minimum atomic E-state index is -0.838. The molecule has 0 aromatic carbocycles. The maximum atomic E-state index is 12.3. The summed E-state index contributed by atoms with van der Waals surface area (Å²) in [5, 5.41) is 9.07. The third-order valence-electron chi connectivity index (χ3n) is 4.37. The average molecular weight is 296 g/mol. The number of carbonyl (C=O) groups is 3. The number of piperidine rings is 1. The van der Waals surface area contributed by atoms with E-state index in [0.29, 0.717) is 25.9 Å². The number of hydrogen-bond donors (Lipinski definition) is 1. The first-order valence-corrected chi connectivity index (χ1v) is 7.86. The summed E-state index contributed by atoms with van der Waals surface area (Å²) >= 11 is 0. The fourth-order valence-electron chi connectivity index (χ4n) is 3.05. The average Bonchev–Trinajstić information content (AvgIpc) is 2.47. The van der Waals surface area contributed by atoms with Gasteiger partial charge in [-0.1, -0.05) is 12.8 Å². The molecule has 2 fully saturated rings. The molecule has 1 atom stereocenters. The first-order chi connectivity index (χ1) is 10.1. The number of hydrogen-bond acceptors (Lipinski definition) is 3. The molecule has 0 saturated carbocycles. The fourth-order valence-corrected chi connectivity index (χ4v) is 3.05. The van der Waals surface area contributed by atoms with Crippen molar-refractivity contribution >= 4 is 17.8 Å². The van der Waals surface area contributed by atoms with Crippen molar-refractivity contribution in [2.45, 2.75) is 44.9 Å². The quantitative estimate of drug-likeness (QED) is 0.846. The second-order valence-corrected chi connectivity index (χ2v) is 6.00. The van der Waals surface area contributed by atoms with Crippen LogP contribution >= 0.6 is 0 Å². The van der Waals surface area contributed by atoms with Gasteiger partial charge in [0.15, 0.2) is 0 Å². The molecule has 2 aliphatic heterocycles. The number of aliphatic carboxylic acids is 1. The van der Waals surface area contributed by atoms with E-state index in [1.807, 2.05) is 0 Å². The maximum absolute atomic E-state index is 12.3. The van der Waals surface area contributed by atoms with Crippen LogP contribution in [0.2, 0.25) is 0 Å². The maximum Gasteiger partial charge on any atom is 0.308 e. The van der Waals surface area contributed by atoms with Gasteiger partial charge in [0.2, 0.25) is 11.8 Å². The number of likely N-dealkylation sites (tertiary alicyclic amines) is 2. The SMILES string of the molecule is O=C(O)[C@H]1CCCN(C(=O)CN2CCCCCCC2=O)C1. The van der Waals surface area contributed by atoms with Gasteiger partial charge in [-0.05, 0) is 25.7 Å². The molecule has 2 saturated heterocycles. The van der Waals surface area contributed by atoms with Gasteiger partial charge in [0, 0.05) is 26.1 Å². The third kappa shape index (κ3) is 4.44. The van der Waals surface area contributed by atoms with E-state index >= 15 is 0 Å². The Hall–Kier alpha value is -1.59. The van der Waals surface area contributed by atoms with E-state index in [9.17, 15) is 14.4 Å². The van der Waals surface area contributed by atoms with Crippen molar-refractivity contribution in [1.29, 1.82) is 0 Å². The first-order valence-electron chi connectivity index (χ1n) is 7.86. The molecule has 0 spiro atoms. The molecule has 2 aliphatic rings. The summed E-state index contributed by atoms with van der Waals surface area (Å²) in [4.78, 5) is 38.6. The van der Waals surface area contributed by atoms with Crippen LogP contribution in [-0.2, 0) is 14.4 Å². The summed E-state index contributed by atoms with van der Waals surface area (Å²) in [6.07, 6.45) is 5.89. The van der Waals surface area contributed by atoms with Crippen molar-refractivity contribution < 1.29 is 19.5 Å². The summed E-state index contributed by atoms with van der Waals surface area (Å²) < 4.78 is 0. The molecule has 0 unspecified atom stereocenters. The highest BCUT2D eigenvalue weighted by Gasteiger charge is 2.29. The van der Waals surface area contributed by atoms with Gasteiger partial charge in [0.25, 0.3) is 0 Å². The van der Waals surface area contributed by atoms with Gasteiger partial charge in [-0.3, -0.25) is 14.4 Å². The predicted molar refractivity (Wildman–Crippen MR) is 76.6 cm³/mol. The summed E-state index contributed by atoms with van der Waals surface area (Å²) in [6, 6.07) is 0. The van der Waals surface area contributed by atoms with Crippen molar-refractivity contribution in [2.24, 2.45) is 5.92 Å². The Morgan fingerprint density at radius 3 is 2.62 bits per heavy atom. The van der Waals surface area contributed by atoms with Crippen LogP contribution in [0.4, 0.5) is 0 Å². The van der Waals surface area contributed by atoms with E-state index in [-0.39, 0.29) is 24.9 Å². The second-order valence-electron chi connectivity index (χ2n) is 6.00. The largest absolute Gasteiger partial charge is 0.481 e. The molecule has 2 heterocycles. The normalized spacial score (nSPS) is 24.4. The van der Waals surface area contributed by atoms with Crippen molar-refractivity contribution in [1.82, 2.24) is 9.80 Å². The first kappa shape index (κ1) is 15.8. The van der Waals surface area contributed by atoms with Crippen LogP contribution in [0, 0.1) is 5.92 Å². The van der Waals surface area contributed by atoms with E-state index in [1.165, 1.54) is 0 Å². The molecule has 2 amide bonds. The second kappa shape index (κ2) is 7.43. The smallest absolute Gasteiger partial charge is 0.308 e. The molecular formula is C15H24N2O4. The van der Waals surface area contributed by atoms with E-state index < -0.39 is 11.9 Å². The lowest BCUT2D eigenvalue weighted by molar-refractivity contribution is -0.147. The molecule has 1 N–H and O–H groups in total. The van der Waals surface area contributed by atoms with E-state index in [0.717, 1.165) is 32.1 Å². The minimum absolute atomic E-state index is 0.0508. The number of nitrogens with zero attached hydrogens (tertiary/aromatic N) is 2. The molecule has 0 aromatic rings. The number of carboxylic acids is 1. The van der Waals surface area contributed by atoms with E-state index in [2.05, 4.69) is 0 Å². The fraction of sp³-hybridized carbons (Fsp3) is 0.800. The van der Waals surface area contributed by atoms with Gasteiger partial charge < -0.3 is 14.9 Å². The van der Waals surface area contributed by atoms with E-state index in [4.69, 9.17) is 5.11 Å². The predicted octanol–water partition coefficient (Wildman–Crippen LogP) is 1.10. The summed E-state index contributed by atoms with van der Waals surface area (Å²) in [7, 11) is 0. The monoisotopic (exact) mass is 296 g/mol. The van der Waals surface area contributed by atoms with Crippen LogP contribution in [0.1, 0.15) is 44.9 Å². The van der Waals surface area contributed by atoms with Gasteiger partial charge in [-0.15, -0.1) is 0 Å². The van der Waals surface area contributed by atoms with Crippen molar-refractivity contribution in [3.63, 3.8) is 0 Å². The van der Waals surface area contributed by atoms with Crippen molar-refractivity contribution in [3.8, 4) is 0 Å². The number of carboxylic acid groups (broad SMARTS) is 1. The van der Waals surface area contributed by atoms with E-state index in [1.54, 1.807) is 9.80 Å². The van der Waals surface area contributed by atoms with Crippen LogP contribution < -0.4 is 0 Å². The van der Waals surface area contributed by atoms with Gasteiger partial charge in [0.1, 0.15) is 0 Å². The van der Waals surface area contributed by atoms with Gasteiger partial charge in [0.05, 0.1) is 12.5 Å². The highest BCUT2D eigenvalue weighted by molar-refractivity contribution is 5.85. The molecule has 6 nitrogen and oxygen atoms in total. The Balaban J connectivity index is 1.89. The van der Waals surface area contributed by atoms with Crippen LogP contribution in [0.15, 0.2) is 0 Å². The molecule has 0 bridgehead atoms. The van der Waals surface area contributed by atoms with Crippen LogP contribution in [0.5, 0.6) is 0 Å². The Morgan fingerprint density at radius 2 is 1.86 bits per heavy atom. The van der Waals surface area contributed by atoms with Gasteiger partial charge in [-0.25, -0.2) is 0 Å². The van der Waals surface area contributed by atoms with Gasteiger partial charge in [-0.2, -0.15) is 0 Å². The zero-order valence-electron chi connectivity index (χ0n) is 12.4. The van der Waals surface area contributed by atoms with Crippen molar-refractivity contribution in [3.05, 3.63) is 0 Å². The topological polar surface area (TPSA) is 77.9 Å². The highest BCUT2D eigenvalue weighted by atomic mass is 16.4. The molecule has 6 heteroatoms. The Morgan fingerprint density at radius 1 is 1.10 bits per heavy atom. The molecular weight excluding hydrogens is 272 g/mol. The zero-order chi connectivity index (χ0) is 15.2. The summed E-state index contributed by atoms with van der Waals surface area (Å²) in [5.41, 5.74) is 0.